The van der Waals surface area contributed by atoms with E-state index in [2.05, 4.69) is 4.74 Å². The van der Waals surface area contributed by atoms with E-state index in [0.717, 1.165) is 38.5 Å². The monoisotopic (exact) mass is 318 g/mol. The maximum absolute atomic E-state index is 14.5. The molecule has 2 fully saturated rings. The number of alkyl halides is 3. The molecule has 0 aliphatic heterocycles. The average Bonchev–Trinajstić information content (AvgIpc) is 3.10. The van der Waals surface area contributed by atoms with E-state index in [4.69, 9.17) is 4.74 Å². The molecule has 0 saturated heterocycles. The summed E-state index contributed by atoms with van der Waals surface area (Å²) in [6.07, 6.45) is 1.12. The molecule has 0 N–H and O–H groups in total. The standard InChI is InChI=1S/C16H18F4O2/c17-14-11(9-10-3-1-2-4-10)5-8-13(21-12-6-7-12)15(14)22-16(18,19)20/h5,8,10,12H,1-4,6-7,9H2. The lowest BCUT2D eigenvalue weighted by Crippen LogP contribution is -2.19. The molecule has 0 radical (unpaired) electrons. The predicted octanol–water partition coefficient (Wildman–Crippen LogP) is 5.00. The summed E-state index contributed by atoms with van der Waals surface area (Å²) in [6.45, 7) is 0. The zero-order valence-electron chi connectivity index (χ0n) is 12.1. The smallest absolute Gasteiger partial charge is 0.486 e. The van der Waals surface area contributed by atoms with E-state index < -0.39 is 17.9 Å². The zero-order valence-corrected chi connectivity index (χ0v) is 12.1. The number of halogens is 4. The Labute approximate surface area is 126 Å². The third kappa shape index (κ3) is 3.84. The van der Waals surface area contributed by atoms with Crippen LogP contribution < -0.4 is 9.47 Å². The summed E-state index contributed by atoms with van der Waals surface area (Å²) in [4.78, 5) is 0. The highest BCUT2D eigenvalue weighted by Crippen LogP contribution is 2.40. The van der Waals surface area contributed by atoms with Gasteiger partial charge in [0.2, 0.25) is 5.75 Å². The Morgan fingerprint density at radius 2 is 1.73 bits per heavy atom. The molecule has 22 heavy (non-hydrogen) atoms. The van der Waals surface area contributed by atoms with Crippen LogP contribution in [-0.2, 0) is 6.42 Å². The molecule has 122 valence electrons. The van der Waals surface area contributed by atoms with Crippen LogP contribution in [0.1, 0.15) is 44.1 Å². The van der Waals surface area contributed by atoms with Crippen LogP contribution in [0, 0.1) is 11.7 Å². The van der Waals surface area contributed by atoms with Crippen molar-refractivity contribution in [3.05, 3.63) is 23.5 Å². The fraction of sp³-hybridized carbons (Fsp3) is 0.625. The highest BCUT2D eigenvalue weighted by Gasteiger charge is 2.36. The van der Waals surface area contributed by atoms with E-state index in [9.17, 15) is 17.6 Å². The minimum absolute atomic E-state index is 0.129. The Bertz CT molecular complexity index is 532. The van der Waals surface area contributed by atoms with Crippen molar-refractivity contribution in [1.29, 1.82) is 0 Å². The van der Waals surface area contributed by atoms with E-state index in [1.54, 1.807) is 0 Å². The highest BCUT2D eigenvalue weighted by molar-refractivity contribution is 5.45. The molecule has 0 heterocycles. The normalized spacial score (nSPS) is 19.5. The minimum atomic E-state index is -4.94. The molecule has 0 bridgehead atoms. The van der Waals surface area contributed by atoms with Gasteiger partial charge in [-0.1, -0.05) is 31.7 Å². The molecule has 0 amide bonds. The second-order valence-corrected chi connectivity index (χ2v) is 6.09. The largest absolute Gasteiger partial charge is 0.573 e. The van der Waals surface area contributed by atoms with Crippen LogP contribution >= 0.6 is 0 Å². The van der Waals surface area contributed by atoms with Gasteiger partial charge in [-0.05, 0) is 36.8 Å². The van der Waals surface area contributed by atoms with Crippen molar-refractivity contribution in [2.45, 2.75) is 57.4 Å². The maximum atomic E-state index is 14.5. The Morgan fingerprint density at radius 3 is 2.32 bits per heavy atom. The Balaban J connectivity index is 1.85. The maximum Gasteiger partial charge on any atom is 0.573 e. The first kappa shape index (κ1) is 15.4. The minimum Gasteiger partial charge on any atom is -0.486 e. The van der Waals surface area contributed by atoms with Gasteiger partial charge in [0.25, 0.3) is 0 Å². The Hall–Kier alpha value is -1.46. The van der Waals surface area contributed by atoms with Gasteiger partial charge in [-0.25, -0.2) is 4.39 Å². The van der Waals surface area contributed by atoms with Crippen LogP contribution in [0.2, 0.25) is 0 Å². The highest BCUT2D eigenvalue weighted by atomic mass is 19.4. The Morgan fingerprint density at radius 1 is 1.05 bits per heavy atom. The molecule has 2 nitrogen and oxygen atoms in total. The molecular weight excluding hydrogens is 300 g/mol. The third-order valence-corrected chi connectivity index (χ3v) is 4.16. The fourth-order valence-corrected chi connectivity index (χ4v) is 2.93. The molecular formula is C16H18F4O2. The van der Waals surface area contributed by atoms with Gasteiger partial charge >= 0.3 is 6.36 Å². The van der Waals surface area contributed by atoms with Crippen LogP contribution in [0.4, 0.5) is 17.6 Å². The van der Waals surface area contributed by atoms with Crippen LogP contribution in [-0.4, -0.2) is 12.5 Å². The molecule has 6 heteroatoms. The quantitative estimate of drug-likeness (QED) is 0.711. The van der Waals surface area contributed by atoms with Crippen molar-refractivity contribution in [3.8, 4) is 11.5 Å². The number of ether oxygens (including phenoxy) is 2. The second-order valence-electron chi connectivity index (χ2n) is 6.09. The SMILES string of the molecule is Fc1c(CC2CCCC2)ccc(OC2CC2)c1OC(F)(F)F. The van der Waals surface area contributed by atoms with Crippen LogP contribution in [0.15, 0.2) is 12.1 Å². The molecule has 0 unspecified atom stereocenters. The summed E-state index contributed by atoms with van der Waals surface area (Å²) < 4.78 is 61.4. The number of hydrogen-bond acceptors (Lipinski definition) is 2. The topological polar surface area (TPSA) is 18.5 Å². The zero-order chi connectivity index (χ0) is 15.7. The molecule has 2 aliphatic rings. The summed E-state index contributed by atoms with van der Waals surface area (Å²) in [6, 6.07) is 2.92. The molecule has 3 rings (SSSR count). The van der Waals surface area contributed by atoms with Crippen LogP contribution in [0.5, 0.6) is 11.5 Å². The lowest BCUT2D eigenvalue weighted by atomic mass is 9.97. The molecule has 2 aliphatic carbocycles. The van der Waals surface area contributed by atoms with Crippen molar-refractivity contribution >= 4 is 0 Å². The molecule has 1 aromatic rings. The van der Waals surface area contributed by atoms with E-state index in [-0.39, 0.29) is 17.4 Å². The first-order valence-corrected chi connectivity index (χ1v) is 7.66. The van der Waals surface area contributed by atoms with E-state index in [1.807, 2.05) is 0 Å². The third-order valence-electron chi connectivity index (χ3n) is 4.16. The van der Waals surface area contributed by atoms with Gasteiger partial charge in [0.15, 0.2) is 11.6 Å². The van der Waals surface area contributed by atoms with Gasteiger partial charge in [-0.3, -0.25) is 0 Å². The second kappa shape index (κ2) is 5.97. The van der Waals surface area contributed by atoms with Crippen LogP contribution in [0.25, 0.3) is 0 Å². The summed E-state index contributed by atoms with van der Waals surface area (Å²) in [5.41, 5.74) is 0.272. The predicted molar refractivity (Wildman–Crippen MR) is 72.4 cm³/mol. The van der Waals surface area contributed by atoms with Gasteiger partial charge in [-0.2, -0.15) is 0 Å². The number of hydrogen-bond donors (Lipinski definition) is 0. The van der Waals surface area contributed by atoms with Crippen molar-refractivity contribution in [2.75, 3.05) is 0 Å². The van der Waals surface area contributed by atoms with E-state index in [0.29, 0.717) is 12.3 Å². The van der Waals surface area contributed by atoms with E-state index in [1.165, 1.54) is 12.1 Å². The molecule has 2 saturated carbocycles. The molecule has 0 aromatic heterocycles. The first-order valence-electron chi connectivity index (χ1n) is 7.66. The van der Waals surface area contributed by atoms with Gasteiger partial charge in [0.05, 0.1) is 6.10 Å². The summed E-state index contributed by atoms with van der Waals surface area (Å²) in [5, 5.41) is 0. The lowest BCUT2D eigenvalue weighted by Gasteiger charge is -2.17. The first-order chi connectivity index (χ1) is 10.4. The van der Waals surface area contributed by atoms with Gasteiger partial charge < -0.3 is 9.47 Å². The average molecular weight is 318 g/mol. The van der Waals surface area contributed by atoms with Crippen molar-refractivity contribution < 1.29 is 27.0 Å². The summed E-state index contributed by atoms with van der Waals surface area (Å²) >= 11 is 0. The lowest BCUT2D eigenvalue weighted by molar-refractivity contribution is -0.276. The number of rotatable bonds is 5. The van der Waals surface area contributed by atoms with Crippen LogP contribution in [0.3, 0.4) is 0 Å². The van der Waals surface area contributed by atoms with Gasteiger partial charge in [0, 0.05) is 0 Å². The van der Waals surface area contributed by atoms with Gasteiger partial charge in [0.1, 0.15) is 0 Å². The van der Waals surface area contributed by atoms with Gasteiger partial charge in [-0.15, -0.1) is 13.2 Å². The molecule has 1 aromatic carbocycles. The van der Waals surface area contributed by atoms with Crippen molar-refractivity contribution in [2.24, 2.45) is 5.92 Å². The van der Waals surface area contributed by atoms with E-state index >= 15 is 0 Å². The van der Waals surface area contributed by atoms with Crippen molar-refractivity contribution in [1.82, 2.24) is 0 Å². The Kier molecular flexibility index (Phi) is 4.19. The summed E-state index contributed by atoms with van der Waals surface area (Å²) in [5.74, 6) is -1.59. The fourth-order valence-electron chi connectivity index (χ4n) is 2.93. The van der Waals surface area contributed by atoms with Crippen molar-refractivity contribution in [3.63, 3.8) is 0 Å². The molecule has 0 spiro atoms. The summed E-state index contributed by atoms with van der Waals surface area (Å²) in [7, 11) is 0. The number of benzene rings is 1. The molecule has 0 atom stereocenters.